The molecule has 0 radical (unpaired) electrons. The number of fused-ring (bicyclic) bond motifs is 2. The van der Waals surface area contributed by atoms with Gasteiger partial charge in [-0.2, -0.15) is 23.5 Å². The second-order valence-electron chi connectivity index (χ2n) is 11.6. The molecule has 16 heteroatoms. The average Bonchev–Trinajstić information content (AvgIpc) is 3.69. The first kappa shape index (κ1) is 31.7. The second-order valence-corrected chi connectivity index (χ2v) is 11.6. The summed E-state index contributed by atoms with van der Waals surface area (Å²) in [5.74, 6) is -4.89. The molecule has 0 spiro atoms. The third kappa shape index (κ3) is 5.07. The van der Waals surface area contributed by atoms with Crippen molar-refractivity contribution >= 4 is 22.7 Å². The number of aliphatic hydroxyl groups is 1. The van der Waals surface area contributed by atoms with Crippen LogP contribution in [-0.2, 0) is 15.8 Å². The van der Waals surface area contributed by atoms with Crippen LogP contribution in [0.2, 0.25) is 0 Å². The van der Waals surface area contributed by atoms with E-state index in [9.17, 15) is 37.5 Å². The number of nitrogens with zero attached hydrogens (tertiary/aromatic N) is 4. The van der Waals surface area contributed by atoms with Crippen molar-refractivity contribution < 1.29 is 46.1 Å². The van der Waals surface area contributed by atoms with Gasteiger partial charge in [0.25, 0.3) is 5.91 Å². The summed E-state index contributed by atoms with van der Waals surface area (Å²) in [6, 6.07) is 6.51. The van der Waals surface area contributed by atoms with Crippen molar-refractivity contribution in [1.29, 1.82) is 5.26 Å². The maximum Gasteiger partial charge on any atom is 0.424 e. The molecule has 0 saturated heterocycles. The summed E-state index contributed by atoms with van der Waals surface area (Å²) in [5.41, 5.74) is -3.55. The monoisotopic (exact) mass is 656 g/mol. The summed E-state index contributed by atoms with van der Waals surface area (Å²) in [6.45, 7) is -0.696. The van der Waals surface area contributed by atoms with E-state index >= 15 is 4.39 Å². The van der Waals surface area contributed by atoms with Crippen molar-refractivity contribution in [2.75, 3.05) is 20.3 Å². The number of primary amides is 1. The zero-order valence-corrected chi connectivity index (χ0v) is 24.7. The van der Waals surface area contributed by atoms with Crippen LogP contribution in [0.15, 0.2) is 36.5 Å². The first-order chi connectivity index (χ1) is 22.1. The lowest BCUT2D eigenvalue weighted by Gasteiger charge is -2.31. The Hall–Kier alpha value is -5.30. The predicted octanol–water partition coefficient (Wildman–Crippen LogP) is 3.91. The number of alkyl halides is 3. The van der Waals surface area contributed by atoms with Crippen LogP contribution < -0.4 is 20.5 Å². The molecule has 2 aromatic carbocycles. The first-order valence-corrected chi connectivity index (χ1v) is 14.1. The molecule has 1 aliphatic heterocycles. The number of halogens is 5. The summed E-state index contributed by atoms with van der Waals surface area (Å²) in [6.07, 6.45) is -1.96. The Kier molecular flexibility index (Phi) is 7.35. The Bertz CT molecular complexity index is 2020. The van der Waals surface area contributed by atoms with E-state index in [-0.39, 0.29) is 28.7 Å². The highest BCUT2D eigenvalue weighted by Gasteiger charge is 2.58. The molecule has 2 aromatic heterocycles. The van der Waals surface area contributed by atoms with Gasteiger partial charge >= 0.3 is 6.18 Å². The molecule has 4 N–H and O–H groups in total. The van der Waals surface area contributed by atoms with Crippen LogP contribution in [0.5, 0.6) is 11.5 Å². The van der Waals surface area contributed by atoms with E-state index in [1.54, 1.807) is 10.9 Å². The lowest BCUT2D eigenvalue weighted by atomic mass is 9.81. The fraction of sp³-hybridized carbons (Fsp3) is 0.323. The highest BCUT2D eigenvalue weighted by molar-refractivity contribution is 6.00. The first-order valence-electron chi connectivity index (χ1n) is 14.1. The minimum Gasteiger partial charge on any atom is -0.494 e. The fourth-order valence-corrected chi connectivity index (χ4v) is 5.40. The molecule has 0 bridgehead atoms. The number of carbonyl (C=O) groups excluding carboxylic acids is 2. The molecule has 47 heavy (non-hydrogen) atoms. The Morgan fingerprint density at radius 1 is 1.26 bits per heavy atom. The van der Waals surface area contributed by atoms with Gasteiger partial charge in [-0.1, -0.05) is 0 Å². The van der Waals surface area contributed by atoms with E-state index in [1.165, 1.54) is 32.2 Å². The van der Waals surface area contributed by atoms with Crippen molar-refractivity contribution in [3.05, 3.63) is 70.5 Å². The van der Waals surface area contributed by atoms with Crippen LogP contribution >= 0.6 is 0 Å². The summed E-state index contributed by atoms with van der Waals surface area (Å²) >= 11 is 0. The van der Waals surface area contributed by atoms with Crippen LogP contribution in [0.4, 0.5) is 22.0 Å². The van der Waals surface area contributed by atoms with E-state index in [0.29, 0.717) is 17.0 Å². The minimum absolute atomic E-state index is 0.0936. The molecule has 1 saturated carbocycles. The normalized spacial score (nSPS) is 18.6. The van der Waals surface area contributed by atoms with Crippen LogP contribution in [0.3, 0.4) is 0 Å². The van der Waals surface area contributed by atoms with Gasteiger partial charge in [0, 0.05) is 28.3 Å². The minimum atomic E-state index is -5.51. The zero-order chi connectivity index (χ0) is 34.1. The highest BCUT2D eigenvalue weighted by Crippen LogP contribution is 2.48. The molecule has 1 aliphatic carbocycles. The molecule has 2 amide bonds. The van der Waals surface area contributed by atoms with Crippen molar-refractivity contribution in [2.24, 2.45) is 5.73 Å². The van der Waals surface area contributed by atoms with E-state index in [2.05, 4.69) is 15.4 Å². The Morgan fingerprint density at radius 3 is 2.60 bits per heavy atom. The average molecular weight is 657 g/mol. The van der Waals surface area contributed by atoms with Gasteiger partial charge in [-0.05, 0) is 50.1 Å². The number of carbonyl (C=O) groups is 2. The van der Waals surface area contributed by atoms with Gasteiger partial charge in [-0.25, -0.2) is 13.8 Å². The number of nitriles is 1. The van der Waals surface area contributed by atoms with Crippen LogP contribution in [0.1, 0.15) is 53.0 Å². The Labute approximate surface area is 262 Å². The molecular weight excluding hydrogens is 631 g/mol. The maximum atomic E-state index is 15.4. The second kappa shape index (κ2) is 10.9. The predicted molar refractivity (Wildman–Crippen MR) is 153 cm³/mol. The number of amides is 2. The third-order valence-corrected chi connectivity index (χ3v) is 8.47. The Morgan fingerprint density at radius 2 is 1.98 bits per heavy atom. The van der Waals surface area contributed by atoms with Crippen molar-refractivity contribution in [3.63, 3.8) is 0 Å². The number of hydrogen-bond acceptors (Lipinski definition) is 8. The summed E-state index contributed by atoms with van der Waals surface area (Å²) in [4.78, 5) is 29.6. The highest BCUT2D eigenvalue weighted by atomic mass is 19.4. The van der Waals surface area contributed by atoms with Crippen LogP contribution in [0, 0.1) is 23.0 Å². The number of methoxy groups -OCH3 is 1. The number of ether oxygens (including phenoxy) is 2. The standard InChI is InChI=1S/C31H25F5N6O5/c1-29(28(38)44)13-47-26-19(29)9-22(40-25(26)17-5-6-20(32)18(10-37)23(17)33)30(45,31(34,35)36)12-39-27(43)14-7-15-11-42(16-3-4-16)41-24(15)21(8-14)46-2/h5-9,11,16,45H,3-4,12-13H2,1-2H3,(H2,38,44)(H,39,43)/t29-,30-/m0/s1. The molecule has 6 rings (SSSR count). The zero-order valence-electron chi connectivity index (χ0n) is 24.7. The van der Waals surface area contributed by atoms with E-state index < -0.39 is 76.3 Å². The lowest BCUT2D eigenvalue weighted by Crippen LogP contribution is -2.51. The maximum absolute atomic E-state index is 15.4. The number of hydrogen-bond donors (Lipinski definition) is 3. The van der Waals surface area contributed by atoms with Gasteiger partial charge in [0.15, 0.2) is 5.82 Å². The molecule has 2 aliphatic rings. The summed E-state index contributed by atoms with van der Waals surface area (Å²) < 4.78 is 86.5. The number of nitrogens with one attached hydrogen (secondary N) is 1. The number of rotatable bonds is 8. The van der Waals surface area contributed by atoms with Crippen LogP contribution in [0.25, 0.3) is 22.2 Å². The van der Waals surface area contributed by atoms with E-state index in [1.807, 2.05) is 0 Å². The smallest absolute Gasteiger partial charge is 0.424 e. The van der Waals surface area contributed by atoms with Gasteiger partial charge in [-0.3, -0.25) is 14.3 Å². The molecule has 11 nitrogen and oxygen atoms in total. The van der Waals surface area contributed by atoms with Gasteiger partial charge in [0.2, 0.25) is 11.5 Å². The SMILES string of the molecule is COc1cc(C(=O)NC[C@](O)(c2cc3c(c(-c4ccc(F)c(C#N)c4F)n2)OC[C@]3(C)C(N)=O)C(F)(F)F)cc2cn(C3CC3)nc12. The molecular formula is C31H25F5N6O5. The molecule has 2 atom stereocenters. The number of nitrogens with two attached hydrogens (primary N) is 1. The van der Waals surface area contributed by atoms with Gasteiger partial charge < -0.3 is 25.6 Å². The summed E-state index contributed by atoms with van der Waals surface area (Å²) in [5, 5.41) is 27.6. The quantitative estimate of drug-likeness (QED) is 0.240. The van der Waals surface area contributed by atoms with Gasteiger partial charge in [-0.15, -0.1) is 0 Å². The van der Waals surface area contributed by atoms with Gasteiger partial charge in [0.1, 0.15) is 52.2 Å². The largest absolute Gasteiger partial charge is 0.494 e. The molecule has 244 valence electrons. The lowest BCUT2D eigenvalue weighted by molar-refractivity contribution is -0.265. The molecule has 0 unspecified atom stereocenters. The number of pyridine rings is 1. The summed E-state index contributed by atoms with van der Waals surface area (Å²) in [7, 11) is 1.35. The van der Waals surface area contributed by atoms with E-state index in [0.717, 1.165) is 25.0 Å². The molecule has 1 fully saturated rings. The van der Waals surface area contributed by atoms with Crippen molar-refractivity contribution in [3.8, 4) is 28.8 Å². The Balaban J connectivity index is 1.44. The molecule has 3 heterocycles. The van der Waals surface area contributed by atoms with Crippen molar-refractivity contribution in [1.82, 2.24) is 20.1 Å². The topological polar surface area (TPSA) is 165 Å². The fourth-order valence-electron chi connectivity index (χ4n) is 5.40. The van der Waals surface area contributed by atoms with E-state index in [4.69, 9.17) is 15.2 Å². The van der Waals surface area contributed by atoms with Gasteiger partial charge in [0.05, 0.1) is 25.4 Å². The number of benzene rings is 2. The van der Waals surface area contributed by atoms with Crippen LogP contribution in [-0.4, -0.2) is 58.1 Å². The van der Waals surface area contributed by atoms with Crippen molar-refractivity contribution in [2.45, 2.75) is 43.0 Å². The third-order valence-electron chi connectivity index (χ3n) is 8.47. The molecule has 4 aromatic rings. The number of aromatic nitrogens is 3.